The normalized spacial score (nSPS) is 17.2. The Bertz CT molecular complexity index is 1650. The van der Waals surface area contributed by atoms with E-state index in [1.807, 2.05) is 18.2 Å². The Morgan fingerprint density at radius 1 is 1.08 bits per heavy atom. The second-order valence-corrected chi connectivity index (χ2v) is 10.4. The molecule has 0 spiro atoms. The number of ether oxygens (including phenoxy) is 1. The number of phenolic OH excluding ortho intramolecular Hbond substituents is 1. The zero-order chi connectivity index (χ0) is 27.7. The largest absolute Gasteiger partial charge is 0.507 e. The van der Waals surface area contributed by atoms with Gasteiger partial charge in [0.2, 0.25) is 0 Å². The van der Waals surface area contributed by atoms with Crippen molar-refractivity contribution in [3.8, 4) is 22.9 Å². The van der Waals surface area contributed by atoms with Crippen molar-refractivity contribution in [2.45, 2.75) is 25.2 Å². The molecular formula is C28H24Cl2N4O5. The predicted octanol–water partition coefficient (Wildman–Crippen LogP) is 4.92. The van der Waals surface area contributed by atoms with Gasteiger partial charge in [-0.25, -0.2) is 4.79 Å². The average molecular weight is 567 g/mol. The second-order valence-electron chi connectivity index (χ2n) is 9.63. The average Bonchev–Trinajstić information content (AvgIpc) is 2.91. The lowest BCUT2D eigenvalue weighted by Gasteiger charge is -2.41. The van der Waals surface area contributed by atoms with E-state index >= 15 is 0 Å². The molecule has 1 aliphatic heterocycles. The Kier molecular flexibility index (Phi) is 7.20. The number of carbonyl (C=O) groups is 1. The van der Waals surface area contributed by atoms with Crippen molar-refractivity contribution in [1.82, 2.24) is 19.7 Å². The first-order chi connectivity index (χ1) is 18.6. The molecule has 1 saturated heterocycles. The van der Waals surface area contributed by atoms with E-state index in [2.05, 4.69) is 29.1 Å². The number of nitrogens with one attached hydrogen (secondary N) is 1. The van der Waals surface area contributed by atoms with E-state index in [9.17, 15) is 19.5 Å². The number of aromatic amines is 1. The number of amides is 1. The Morgan fingerprint density at radius 3 is 2.49 bits per heavy atom. The Morgan fingerprint density at radius 2 is 1.79 bits per heavy atom. The van der Waals surface area contributed by atoms with Crippen LogP contribution >= 0.6 is 23.2 Å². The van der Waals surface area contributed by atoms with Crippen LogP contribution in [-0.4, -0.2) is 43.8 Å². The summed E-state index contributed by atoms with van der Waals surface area (Å²) in [7, 11) is 0. The van der Waals surface area contributed by atoms with Gasteiger partial charge in [-0.3, -0.25) is 14.6 Å². The number of H-pyrrole nitrogens is 1. The number of hydrogen-bond acceptors (Lipinski definition) is 6. The van der Waals surface area contributed by atoms with Crippen LogP contribution in [0.1, 0.15) is 35.7 Å². The number of nitrogens with zero attached hydrogens (tertiary/aromatic N) is 3. The molecule has 2 heterocycles. The summed E-state index contributed by atoms with van der Waals surface area (Å²) >= 11 is 12.8. The minimum Gasteiger partial charge on any atom is -0.507 e. The lowest BCUT2D eigenvalue weighted by atomic mass is 9.76. The van der Waals surface area contributed by atoms with E-state index in [0.29, 0.717) is 13.1 Å². The number of halogens is 2. The lowest BCUT2D eigenvalue weighted by molar-refractivity contribution is 0.0647. The molecule has 0 saturated carbocycles. The molecule has 5 rings (SSSR count). The number of piperidine rings is 1. The van der Waals surface area contributed by atoms with Crippen molar-refractivity contribution in [3.05, 3.63) is 109 Å². The Hall–Kier alpha value is -4.08. The minimum absolute atomic E-state index is 0.0630. The van der Waals surface area contributed by atoms with Crippen LogP contribution in [0.4, 0.5) is 0 Å². The third-order valence-corrected chi connectivity index (χ3v) is 7.37. The number of benzene rings is 3. The molecular weight excluding hydrogens is 543 g/mol. The van der Waals surface area contributed by atoms with Gasteiger partial charge in [-0.1, -0.05) is 60.5 Å². The van der Waals surface area contributed by atoms with Gasteiger partial charge in [0.15, 0.2) is 5.75 Å². The SMILES string of the molecule is C[C@]1(c2ccccc2)CCCN(C(=O)c2cc(Oc3c(Cl)cc(-n4ncc(=O)[nH]c4=O)cc3Cl)ccc2O)C1. The molecule has 11 heteroatoms. The van der Waals surface area contributed by atoms with Gasteiger partial charge in [-0.05, 0) is 48.7 Å². The Labute approximate surface area is 233 Å². The van der Waals surface area contributed by atoms with Crippen LogP contribution in [0.25, 0.3) is 5.69 Å². The summed E-state index contributed by atoms with van der Waals surface area (Å²) in [6, 6.07) is 17.2. The lowest BCUT2D eigenvalue weighted by Crippen LogP contribution is -2.47. The van der Waals surface area contributed by atoms with Crippen LogP contribution in [-0.2, 0) is 5.41 Å². The fourth-order valence-corrected chi connectivity index (χ4v) is 5.38. The number of hydrogen-bond donors (Lipinski definition) is 2. The quantitative estimate of drug-likeness (QED) is 0.354. The first kappa shape index (κ1) is 26.5. The zero-order valence-corrected chi connectivity index (χ0v) is 22.4. The van der Waals surface area contributed by atoms with Gasteiger partial charge in [-0.2, -0.15) is 9.78 Å². The van der Waals surface area contributed by atoms with Crippen LogP contribution in [0.15, 0.2) is 76.4 Å². The molecule has 0 unspecified atom stereocenters. The highest BCUT2D eigenvalue weighted by atomic mass is 35.5. The molecule has 1 aromatic heterocycles. The highest BCUT2D eigenvalue weighted by Crippen LogP contribution is 2.40. The number of rotatable bonds is 5. The molecule has 1 amide bonds. The summed E-state index contributed by atoms with van der Waals surface area (Å²) in [6.07, 6.45) is 2.73. The van der Waals surface area contributed by atoms with Gasteiger partial charge in [0, 0.05) is 18.5 Å². The van der Waals surface area contributed by atoms with Crippen LogP contribution in [0.5, 0.6) is 17.2 Å². The monoisotopic (exact) mass is 566 g/mol. The number of aromatic hydroxyl groups is 1. The van der Waals surface area contributed by atoms with Gasteiger partial charge in [0.1, 0.15) is 17.7 Å². The summed E-state index contributed by atoms with van der Waals surface area (Å²) in [5.74, 6) is -0.167. The number of phenols is 1. The topological polar surface area (TPSA) is 118 Å². The standard InChI is InChI=1S/C28H24Cl2N4O5/c1-28(17-6-3-2-4-7-17)10-5-11-33(16-28)26(37)20-14-19(8-9-23(20)35)39-25-21(29)12-18(13-22(25)30)34-27(38)32-24(36)15-31-34/h2-4,6-9,12-15,35H,5,10-11,16H2,1H3,(H,32,36,38)/t28-/m0/s1. The highest BCUT2D eigenvalue weighted by molar-refractivity contribution is 6.37. The summed E-state index contributed by atoms with van der Waals surface area (Å²) in [6.45, 7) is 3.23. The van der Waals surface area contributed by atoms with E-state index in [4.69, 9.17) is 27.9 Å². The van der Waals surface area contributed by atoms with E-state index in [1.165, 1.54) is 30.3 Å². The fraction of sp³-hybridized carbons (Fsp3) is 0.214. The molecule has 200 valence electrons. The van der Waals surface area contributed by atoms with Crippen molar-refractivity contribution in [2.24, 2.45) is 0 Å². The number of likely N-dealkylation sites (tertiary alicyclic amines) is 1. The van der Waals surface area contributed by atoms with Gasteiger partial charge in [0.05, 0.1) is 21.3 Å². The molecule has 1 fully saturated rings. The highest BCUT2D eigenvalue weighted by Gasteiger charge is 2.35. The number of carbonyl (C=O) groups excluding carboxylic acids is 1. The molecule has 2 N–H and O–H groups in total. The first-order valence-corrected chi connectivity index (χ1v) is 12.9. The molecule has 0 radical (unpaired) electrons. The van der Waals surface area contributed by atoms with Gasteiger partial charge >= 0.3 is 5.69 Å². The molecule has 4 aromatic rings. The van der Waals surface area contributed by atoms with Gasteiger partial charge in [0.25, 0.3) is 11.5 Å². The van der Waals surface area contributed by atoms with Gasteiger partial charge in [-0.15, -0.1) is 0 Å². The van der Waals surface area contributed by atoms with Crippen molar-refractivity contribution in [1.29, 1.82) is 0 Å². The van der Waals surface area contributed by atoms with E-state index in [1.54, 1.807) is 4.90 Å². The predicted molar refractivity (Wildman–Crippen MR) is 148 cm³/mol. The first-order valence-electron chi connectivity index (χ1n) is 12.2. The van der Waals surface area contributed by atoms with Crippen molar-refractivity contribution >= 4 is 29.1 Å². The smallest absolute Gasteiger partial charge is 0.349 e. The maximum atomic E-state index is 13.5. The molecule has 1 aliphatic rings. The van der Waals surface area contributed by atoms with E-state index < -0.39 is 11.2 Å². The molecule has 0 aliphatic carbocycles. The Balaban J connectivity index is 1.40. The third kappa shape index (κ3) is 5.41. The molecule has 9 nitrogen and oxygen atoms in total. The van der Waals surface area contributed by atoms with Crippen molar-refractivity contribution in [3.63, 3.8) is 0 Å². The van der Waals surface area contributed by atoms with Gasteiger partial charge < -0.3 is 14.7 Å². The van der Waals surface area contributed by atoms with Crippen LogP contribution in [0.3, 0.4) is 0 Å². The van der Waals surface area contributed by atoms with Crippen LogP contribution < -0.4 is 16.0 Å². The third-order valence-electron chi connectivity index (χ3n) is 6.81. The van der Waals surface area contributed by atoms with Crippen LogP contribution in [0, 0.1) is 0 Å². The van der Waals surface area contributed by atoms with E-state index in [0.717, 1.165) is 29.3 Å². The molecule has 3 aromatic carbocycles. The molecule has 39 heavy (non-hydrogen) atoms. The maximum Gasteiger partial charge on any atom is 0.349 e. The second kappa shape index (κ2) is 10.6. The van der Waals surface area contributed by atoms with Crippen molar-refractivity contribution < 1.29 is 14.6 Å². The summed E-state index contributed by atoms with van der Waals surface area (Å²) in [5, 5.41) is 14.5. The minimum atomic E-state index is -0.758. The van der Waals surface area contributed by atoms with Crippen LogP contribution in [0.2, 0.25) is 10.0 Å². The maximum absolute atomic E-state index is 13.5. The fourth-order valence-electron chi connectivity index (χ4n) is 4.83. The number of aromatic nitrogens is 3. The van der Waals surface area contributed by atoms with E-state index in [-0.39, 0.29) is 49.9 Å². The zero-order valence-electron chi connectivity index (χ0n) is 20.9. The summed E-state index contributed by atoms with van der Waals surface area (Å²) in [5.41, 5.74) is -0.128. The molecule has 0 bridgehead atoms. The molecule has 1 atom stereocenters. The summed E-state index contributed by atoms with van der Waals surface area (Å²) in [4.78, 5) is 40.8. The van der Waals surface area contributed by atoms with Crippen molar-refractivity contribution in [2.75, 3.05) is 13.1 Å². The summed E-state index contributed by atoms with van der Waals surface area (Å²) < 4.78 is 6.84.